The normalized spacial score (nSPS) is 27.5. The molecule has 0 aromatic rings. The third-order valence-corrected chi connectivity index (χ3v) is 2.48. The highest BCUT2D eigenvalue weighted by Gasteiger charge is 2.30. The van der Waals surface area contributed by atoms with Gasteiger partial charge in [0.25, 0.3) is 0 Å². The van der Waals surface area contributed by atoms with E-state index in [0.29, 0.717) is 6.54 Å². The Kier molecular flexibility index (Phi) is 3.32. The highest BCUT2D eigenvalue weighted by Crippen LogP contribution is 2.32. The van der Waals surface area contributed by atoms with Crippen LogP contribution in [0.4, 0.5) is 0 Å². The van der Waals surface area contributed by atoms with Crippen LogP contribution in [0.5, 0.6) is 0 Å². The van der Waals surface area contributed by atoms with Gasteiger partial charge in [0.1, 0.15) is 0 Å². The number of amides is 1. The highest BCUT2D eigenvalue weighted by molar-refractivity contribution is 9.11. The number of hydrogen-bond acceptors (Lipinski definition) is 1. The summed E-state index contributed by atoms with van der Waals surface area (Å²) in [6.45, 7) is 6.37. The van der Waals surface area contributed by atoms with E-state index < -0.39 is 0 Å². The average molecular weight is 232 g/mol. The summed E-state index contributed by atoms with van der Waals surface area (Å²) in [6.07, 6.45) is 2.08. The van der Waals surface area contributed by atoms with Crippen LogP contribution >= 0.6 is 15.9 Å². The first kappa shape index (κ1) is 9.78. The van der Waals surface area contributed by atoms with Crippen LogP contribution in [0.25, 0.3) is 0 Å². The second-order valence-electron chi connectivity index (χ2n) is 3.51. The SMILES string of the molecule is C=C(Br)CNC(=O)C1CC(C)C1. The van der Waals surface area contributed by atoms with Crippen molar-refractivity contribution >= 4 is 21.8 Å². The molecule has 1 fully saturated rings. The largest absolute Gasteiger partial charge is 0.351 e. The zero-order valence-electron chi connectivity index (χ0n) is 7.27. The lowest BCUT2D eigenvalue weighted by atomic mass is 9.76. The summed E-state index contributed by atoms with van der Waals surface area (Å²) in [5.74, 6) is 1.16. The molecule has 1 aliphatic rings. The van der Waals surface area contributed by atoms with Gasteiger partial charge in [-0.05, 0) is 18.8 Å². The van der Waals surface area contributed by atoms with Gasteiger partial charge in [-0.2, -0.15) is 0 Å². The monoisotopic (exact) mass is 231 g/mol. The molecule has 1 N–H and O–H groups in total. The Hall–Kier alpha value is -0.310. The Labute approximate surface area is 81.5 Å². The molecule has 3 heteroatoms. The molecule has 1 rings (SSSR count). The lowest BCUT2D eigenvalue weighted by molar-refractivity contribution is -0.128. The summed E-state index contributed by atoms with van der Waals surface area (Å²) in [7, 11) is 0. The van der Waals surface area contributed by atoms with Gasteiger partial charge in [0.15, 0.2) is 0 Å². The van der Waals surface area contributed by atoms with Crippen molar-refractivity contribution in [1.29, 1.82) is 0 Å². The maximum absolute atomic E-state index is 11.3. The van der Waals surface area contributed by atoms with Crippen LogP contribution in [0, 0.1) is 11.8 Å². The molecule has 0 radical (unpaired) electrons. The van der Waals surface area contributed by atoms with Crippen LogP contribution in [0.15, 0.2) is 11.1 Å². The van der Waals surface area contributed by atoms with Gasteiger partial charge in [-0.15, -0.1) is 0 Å². The van der Waals surface area contributed by atoms with E-state index in [0.717, 1.165) is 23.2 Å². The van der Waals surface area contributed by atoms with Crippen molar-refractivity contribution in [3.63, 3.8) is 0 Å². The average Bonchev–Trinajstić information content (AvgIpc) is 1.94. The first-order valence-corrected chi connectivity index (χ1v) is 5.00. The molecule has 0 unspecified atom stereocenters. The standard InChI is InChI=1S/C9H14BrNO/c1-6-3-8(4-6)9(12)11-5-7(2)10/h6,8H,2-5H2,1H3,(H,11,12). The molecule has 1 saturated carbocycles. The second-order valence-corrected chi connectivity index (χ2v) is 4.63. The lowest BCUT2D eigenvalue weighted by Gasteiger charge is -2.31. The van der Waals surface area contributed by atoms with Crippen LogP contribution in [0.1, 0.15) is 19.8 Å². The number of nitrogens with one attached hydrogen (secondary N) is 1. The van der Waals surface area contributed by atoms with E-state index in [-0.39, 0.29) is 11.8 Å². The van der Waals surface area contributed by atoms with Crippen molar-refractivity contribution in [2.75, 3.05) is 6.54 Å². The van der Waals surface area contributed by atoms with Crippen LogP contribution < -0.4 is 5.32 Å². The third kappa shape index (κ3) is 2.63. The molecule has 2 nitrogen and oxygen atoms in total. The Bertz CT molecular complexity index is 197. The topological polar surface area (TPSA) is 29.1 Å². The molecular formula is C9H14BrNO. The van der Waals surface area contributed by atoms with E-state index >= 15 is 0 Å². The van der Waals surface area contributed by atoms with E-state index in [1.807, 2.05) is 0 Å². The van der Waals surface area contributed by atoms with Gasteiger partial charge in [-0.25, -0.2) is 0 Å². The number of halogens is 1. The Morgan fingerprint density at radius 1 is 1.67 bits per heavy atom. The molecule has 0 saturated heterocycles. The minimum atomic E-state index is 0.175. The summed E-state index contributed by atoms with van der Waals surface area (Å²) >= 11 is 3.19. The fourth-order valence-electron chi connectivity index (χ4n) is 1.44. The van der Waals surface area contributed by atoms with Gasteiger partial charge >= 0.3 is 0 Å². The third-order valence-electron chi connectivity index (χ3n) is 2.20. The van der Waals surface area contributed by atoms with Crippen molar-refractivity contribution in [3.05, 3.63) is 11.1 Å². The van der Waals surface area contributed by atoms with Gasteiger partial charge in [-0.3, -0.25) is 4.79 Å². The molecule has 0 aromatic heterocycles. The Morgan fingerprint density at radius 3 is 2.67 bits per heavy atom. The Morgan fingerprint density at radius 2 is 2.25 bits per heavy atom. The number of carbonyl (C=O) groups is 1. The van der Waals surface area contributed by atoms with Gasteiger partial charge < -0.3 is 5.32 Å². The fraction of sp³-hybridized carbons (Fsp3) is 0.667. The molecule has 0 atom stereocenters. The van der Waals surface area contributed by atoms with Crippen molar-refractivity contribution in [2.45, 2.75) is 19.8 Å². The number of rotatable bonds is 3. The van der Waals surface area contributed by atoms with Crippen LogP contribution in [-0.4, -0.2) is 12.5 Å². The molecule has 1 aliphatic carbocycles. The van der Waals surface area contributed by atoms with Gasteiger partial charge in [0.2, 0.25) is 5.91 Å². The van der Waals surface area contributed by atoms with Crippen LogP contribution in [0.2, 0.25) is 0 Å². The molecule has 0 spiro atoms. The minimum absolute atomic E-state index is 0.175. The minimum Gasteiger partial charge on any atom is -0.351 e. The van der Waals surface area contributed by atoms with Crippen molar-refractivity contribution in [1.82, 2.24) is 5.32 Å². The van der Waals surface area contributed by atoms with Crippen molar-refractivity contribution < 1.29 is 4.79 Å². The molecule has 0 aliphatic heterocycles. The van der Waals surface area contributed by atoms with E-state index in [2.05, 4.69) is 34.7 Å². The highest BCUT2D eigenvalue weighted by atomic mass is 79.9. The predicted molar refractivity (Wildman–Crippen MR) is 53.0 cm³/mol. The summed E-state index contributed by atoms with van der Waals surface area (Å²) in [5, 5.41) is 2.82. The van der Waals surface area contributed by atoms with E-state index in [4.69, 9.17) is 0 Å². The fourth-order valence-corrected chi connectivity index (χ4v) is 1.58. The molecular weight excluding hydrogens is 218 g/mol. The zero-order valence-corrected chi connectivity index (χ0v) is 8.86. The molecule has 12 heavy (non-hydrogen) atoms. The second kappa shape index (κ2) is 4.08. The molecule has 0 bridgehead atoms. The van der Waals surface area contributed by atoms with Crippen LogP contribution in [0.3, 0.4) is 0 Å². The van der Waals surface area contributed by atoms with Crippen molar-refractivity contribution in [3.8, 4) is 0 Å². The quantitative estimate of drug-likeness (QED) is 0.792. The van der Waals surface area contributed by atoms with E-state index in [1.54, 1.807) is 0 Å². The summed E-state index contributed by atoms with van der Waals surface area (Å²) in [4.78, 5) is 11.3. The molecule has 1 amide bonds. The van der Waals surface area contributed by atoms with Crippen molar-refractivity contribution in [2.24, 2.45) is 11.8 Å². The number of carbonyl (C=O) groups excluding carboxylic acids is 1. The molecule has 68 valence electrons. The first-order valence-electron chi connectivity index (χ1n) is 4.20. The maximum atomic E-state index is 11.3. The molecule has 0 heterocycles. The van der Waals surface area contributed by atoms with E-state index in [9.17, 15) is 4.79 Å². The first-order chi connectivity index (χ1) is 5.59. The maximum Gasteiger partial charge on any atom is 0.223 e. The van der Waals surface area contributed by atoms with Crippen LogP contribution in [-0.2, 0) is 4.79 Å². The smallest absolute Gasteiger partial charge is 0.223 e. The summed E-state index contributed by atoms with van der Waals surface area (Å²) < 4.78 is 0.822. The van der Waals surface area contributed by atoms with Gasteiger partial charge in [0.05, 0.1) is 0 Å². The zero-order chi connectivity index (χ0) is 9.14. The van der Waals surface area contributed by atoms with E-state index in [1.165, 1.54) is 0 Å². The molecule has 0 aromatic carbocycles. The van der Waals surface area contributed by atoms with Gasteiger partial charge in [0, 0.05) is 16.9 Å². The summed E-state index contributed by atoms with van der Waals surface area (Å²) in [5.41, 5.74) is 0. The predicted octanol–water partition coefficient (Wildman–Crippen LogP) is 2.06. The lowest BCUT2D eigenvalue weighted by Crippen LogP contribution is -2.38. The number of hydrogen-bond donors (Lipinski definition) is 1. The van der Waals surface area contributed by atoms with Gasteiger partial charge in [-0.1, -0.05) is 29.4 Å². The Balaban J connectivity index is 2.17. The summed E-state index contributed by atoms with van der Waals surface area (Å²) in [6, 6.07) is 0.